The second-order valence-electron chi connectivity index (χ2n) is 4.87. The van der Waals surface area contributed by atoms with Gasteiger partial charge in [0, 0.05) is 26.7 Å². The molecule has 6 heteroatoms. The summed E-state index contributed by atoms with van der Waals surface area (Å²) in [6.07, 6.45) is -2.49. The lowest BCUT2D eigenvalue weighted by Gasteiger charge is -2.08. The van der Waals surface area contributed by atoms with Gasteiger partial charge in [-0.05, 0) is 31.6 Å². The molecule has 1 aromatic rings. The first-order valence-electron chi connectivity index (χ1n) is 6.52. The maximum absolute atomic E-state index is 12.4. The number of nitrogens with zero attached hydrogens (tertiary/aromatic N) is 2. The van der Waals surface area contributed by atoms with Crippen molar-refractivity contribution in [3.8, 4) is 0 Å². The Kier molecular flexibility index (Phi) is 8.15. The Balaban J connectivity index is 0.000000763. The highest BCUT2D eigenvalue weighted by Gasteiger charge is 2.30. The Hall–Kier alpha value is -2.11. The Morgan fingerprint density at radius 1 is 1.27 bits per heavy atom. The molecule has 0 spiro atoms. The molecule has 0 bridgehead atoms. The molecule has 0 fully saturated rings. The highest BCUT2D eigenvalue weighted by atomic mass is 19.4. The minimum absolute atomic E-state index is 0.337. The van der Waals surface area contributed by atoms with E-state index in [1.165, 1.54) is 11.9 Å². The molecule has 0 unspecified atom stereocenters. The fraction of sp³-hybridized carbons (Fsp3) is 0.375. The van der Waals surface area contributed by atoms with E-state index in [2.05, 4.69) is 4.99 Å². The molecule has 3 nitrogen and oxygen atoms in total. The topological polar surface area (TPSA) is 32.7 Å². The maximum atomic E-state index is 12.4. The summed E-state index contributed by atoms with van der Waals surface area (Å²) in [6.45, 7) is 2.93. The smallest absolute Gasteiger partial charge is 0.351 e. The average molecular weight is 314 g/mol. The zero-order valence-electron chi connectivity index (χ0n) is 13.4. The van der Waals surface area contributed by atoms with E-state index in [0.29, 0.717) is 11.3 Å². The Morgan fingerprint density at radius 2 is 1.82 bits per heavy atom. The van der Waals surface area contributed by atoms with Crippen LogP contribution in [-0.4, -0.2) is 44.3 Å². The lowest BCUT2D eigenvalue weighted by molar-refractivity contribution is -0.115. The molecule has 1 aromatic carbocycles. The second-order valence-corrected chi connectivity index (χ2v) is 4.87. The van der Waals surface area contributed by atoms with E-state index in [1.54, 1.807) is 26.2 Å². The summed E-state index contributed by atoms with van der Waals surface area (Å²) in [7, 11) is 4.86. The van der Waals surface area contributed by atoms with E-state index in [0.717, 1.165) is 25.0 Å². The summed E-state index contributed by atoms with van der Waals surface area (Å²) in [6, 6.07) is 7.24. The quantitative estimate of drug-likeness (QED) is 0.619. The minimum Gasteiger partial charge on any atom is -0.351 e. The van der Waals surface area contributed by atoms with Gasteiger partial charge in [0.2, 0.25) is 6.41 Å². The summed E-state index contributed by atoms with van der Waals surface area (Å²) in [5, 5.41) is 0. The zero-order valence-corrected chi connectivity index (χ0v) is 13.4. The highest BCUT2D eigenvalue weighted by Crippen LogP contribution is 2.25. The largest absolute Gasteiger partial charge is 0.412 e. The number of rotatable bonds is 3. The van der Waals surface area contributed by atoms with Crippen molar-refractivity contribution >= 4 is 12.1 Å². The second kappa shape index (κ2) is 9.02. The number of aryl methyl sites for hydroxylation is 1. The van der Waals surface area contributed by atoms with Gasteiger partial charge in [0.1, 0.15) is 0 Å². The SMILES string of the molecule is CN(C)C=O.CN=C(/C=C(\C)C(F)(F)F)c1cccc(C)c1. The van der Waals surface area contributed by atoms with Gasteiger partial charge in [0.05, 0.1) is 5.71 Å². The van der Waals surface area contributed by atoms with Crippen LogP contribution in [0.2, 0.25) is 0 Å². The molecule has 0 saturated carbocycles. The van der Waals surface area contributed by atoms with E-state index >= 15 is 0 Å². The van der Waals surface area contributed by atoms with Gasteiger partial charge < -0.3 is 4.90 Å². The highest BCUT2D eigenvalue weighted by molar-refractivity contribution is 6.09. The molecule has 0 aliphatic rings. The summed E-state index contributed by atoms with van der Waals surface area (Å²) < 4.78 is 37.3. The molecule has 0 heterocycles. The number of aliphatic imine (C=N–C) groups is 1. The number of allylic oxidation sites excluding steroid dienone is 2. The average Bonchev–Trinajstić information content (AvgIpc) is 2.43. The fourth-order valence-corrected chi connectivity index (χ4v) is 1.37. The van der Waals surface area contributed by atoms with Crippen LogP contribution in [0.5, 0.6) is 0 Å². The van der Waals surface area contributed by atoms with Crippen molar-refractivity contribution in [2.24, 2.45) is 4.99 Å². The van der Waals surface area contributed by atoms with Crippen molar-refractivity contribution in [2.45, 2.75) is 20.0 Å². The van der Waals surface area contributed by atoms with Gasteiger partial charge in [-0.1, -0.05) is 23.8 Å². The maximum Gasteiger partial charge on any atom is 0.412 e. The van der Waals surface area contributed by atoms with Crippen LogP contribution in [0.4, 0.5) is 13.2 Å². The molecule has 0 radical (unpaired) electrons. The van der Waals surface area contributed by atoms with Crippen LogP contribution in [0.15, 0.2) is 40.9 Å². The normalized spacial score (nSPS) is 12.4. The van der Waals surface area contributed by atoms with Gasteiger partial charge in [-0.2, -0.15) is 13.2 Å². The Morgan fingerprint density at radius 3 is 2.18 bits per heavy atom. The molecule has 0 aliphatic carbocycles. The van der Waals surface area contributed by atoms with Gasteiger partial charge in [0.25, 0.3) is 0 Å². The van der Waals surface area contributed by atoms with Crippen LogP contribution in [0.3, 0.4) is 0 Å². The molecule has 1 amide bonds. The number of carbonyl (C=O) groups is 1. The summed E-state index contributed by atoms with van der Waals surface area (Å²) >= 11 is 0. The first-order valence-corrected chi connectivity index (χ1v) is 6.52. The molecule has 22 heavy (non-hydrogen) atoms. The number of hydrogen-bond donors (Lipinski definition) is 0. The monoisotopic (exact) mass is 314 g/mol. The third kappa shape index (κ3) is 7.61. The number of alkyl halides is 3. The molecule has 0 saturated heterocycles. The minimum atomic E-state index is -4.31. The predicted octanol–water partition coefficient (Wildman–Crippen LogP) is 3.63. The molecular formula is C16H21F3N2O. The van der Waals surface area contributed by atoms with Crippen molar-refractivity contribution in [1.82, 2.24) is 4.90 Å². The number of benzene rings is 1. The number of hydrogen-bond acceptors (Lipinski definition) is 2. The van der Waals surface area contributed by atoms with Crippen LogP contribution >= 0.6 is 0 Å². The van der Waals surface area contributed by atoms with E-state index in [9.17, 15) is 18.0 Å². The molecule has 0 aromatic heterocycles. The number of amides is 1. The lowest BCUT2D eigenvalue weighted by atomic mass is 10.1. The van der Waals surface area contributed by atoms with Crippen molar-refractivity contribution in [2.75, 3.05) is 21.1 Å². The van der Waals surface area contributed by atoms with Gasteiger partial charge >= 0.3 is 6.18 Å². The summed E-state index contributed by atoms with van der Waals surface area (Å²) in [4.78, 5) is 14.8. The zero-order chi connectivity index (χ0) is 17.3. The molecule has 1 rings (SSSR count). The van der Waals surface area contributed by atoms with Gasteiger partial charge in [-0.25, -0.2) is 0 Å². The summed E-state index contributed by atoms with van der Waals surface area (Å²) in [5.74, 6) is 0. The Bertz CT molecular complexity index is 547. The van der Waals surface area contributed by atoms with Crippen molar-refractivity contribution in [1.29, 1.82) is 0 Å². The molecule has 0 atom stereocenters. The first kappa shape index (κ1) is 19.9. The lowest BCUT2D eigenvalue weighted by Crippen LogP contribution is -2.11. The van der Waals surface area contributed by atoms with E-state index < -0.39 is 11.7 Å². The van der Waals surface area contributed by atoms with Gasteiger partial charge in [0.15, 0.2) is 0 Å². The summed E-state index contributed by atoms with van der Waals surface area (Å²) in [5.41, 5.74) is 1.36. The Labute approximate surface area is 129 Å². The van der Waals surface area contributed by atoms with Crippen LogP contribution < -0.4 is 0 Å². The predicted molar refractivity (Wildman–Crippen MR) is 83.2 cm³/mol. The first-order chi connectivity index (χ1) is 10.1. The molecule has 0 aliphatic heterocycles. The third-order valence-corrected chi connectivity index (χ3v) is 2.57. The molecule has 0 N–H and O–H groups in total. The van der Waals surface area contributed by atoms with Gasteiger partial charge in [-0.15, -0.1) is 0 Å². The van der Waals surface area contributed by atoms with E-state index in [1.807, 2.05) is 19.1 Å². The van der Waals surface area contributed by atoms with Crippen LogP contribution in [-0.2, 0) is 4.79 Å². The van der Waals surface area contributed by atoms with Gasteiger partial charge in [-0.3, -0.25) is 9.79 Å². The van der Waals surface area contributed by atoms with Crippen molar-refractivity contribution < 1.29 is 18.0 Å². The third-order valence-electron chi connectivity index (χ3n) is 2.57. The number of carbonyl (C=O) groups excluding carboxylic acids is 1. The molecule has 122 valence electrons. The van der Waals surface area contributed by atoms with Crippen LogP contribution in [0.25, 0.3) is 0 Å². The number of halogens is 3. The fourth-order valence-electron chi connectivity index (χ4n) is 1.37. The van der Waals surface area contributed by atoms with Crippen molar-refractivity contribution in [3.63, 3.8) is 0 Å². The molecular weight excluding hydrogens is 293 g/mol. The van der Waals surface area contributed by atoms with Crippen LogP contribution in [0, 0.1) is 6.92 Å². The van der Waals surface area contributed by atoms with Crippen LogP contribution in [0.1, 0.15) is 18.1 Å². The van der Waals surface area contributed by atoms with E-state index in [4.69, 9.17) is 0 Å². The van der Waals surface area contributed by atoms with E-state index in [-0.39, 0.29) is 0 Å². The standard InChI is InChI=1S/C13H14F3N.C3H7NO/c1-9-5-4-6-11(7-9)12(17-3)8-10(2)13(14,15)16;1-4(2)3-5/h4-8H,1-3H3;3H,1-2H3/b10-8+,17-12?;. The van der Waals surface area contributed by atoms with Crippen molar-refractivity contribution in [3.05, 3.63) is 47.0 Å².